The molecule has 10 atom stereocenters. The lowest BCUT2D eigenvalue weighted by molar-refractivity contribution is -0.182. The summed E-state index contributed by atoms with van der Waals surface area (Å²) in [5, 5.41) is 54.9. The molecule has 10 unspecified atom stereocenters. The SMILES string of the molecule is CC(C)(O)CCC(=O)C(C)(O)C1C(O)CC2(C)C3CC=C4C(CC(O)C(O)C4(C)C)C3(C)CCC12C. The molecule has 3 saturated carbocycles. The number of hydrogen-bond acceptors (Lipinski definition) is 6. The number of aliphatic hydroxyl groups excluding tert-OH is 3. The molecule has 4 aliphatic carbocycles. The van der Waals surface area contributed by atoms with Crippen molar-refractivity contribution in [2.45, 2.75) is 130 Å². The van der Waals surface area contributed by atoms with Crippen LogP contribution in [0.3, 0.4) is 0 Å². The summed E-state index contributed by atoms with van der Waals surface area (Å²) in [6.45, 7) is 15.7. The third-order valence-corrected chi connectivity index (χ3v) is 12.0. The molecule has 206 valence electrons. The molecule has 5 N–H and O–H groups in total. The number of rotatable bonds is 5. The first-order valence-corrected chi connectivity index (χ1v) is 14.0. The number of carbonyl (C=O) groups is 1. The Hall–Kier alpha value is -0.790. The van der Waals surface area contributed by atoms with Gasteiger partial charge in [0.2, 0.25) is 0 Å². The van der Waals surface area contributed by atoms with E-state index in [0.717, 1.165) is 19.3 Å². The Kier molecular flexibility index (Phi) is 6.55. The van der Waals surface area contributed by atoms with Crippen LogP contribution in [0.1, 0.15) is 100 Å². The van der Waals surface area contributed by atoms with Gasteiger partial charge in [0.15, 0.2) is 5.78 Å². The lowest BCUT2D eigenvalue weighted by Crippen LogP contribution is -2.62. The zero-order valence-electron chi connectivity index (χ0n) is 23.6. The fourth-order valence-electron chi connectivity index (χ4n) is 9.64. The van der Waals surface area contributed by atoms with Crippen LogP contribution >= 0.6 is 0 Å². The summed E-state index contributed by atoms with van der Waals surface area (Å²) < 4.78 is 0. The Morgan fingerprint density at radius 3 is 2.17 bits per heavy atom. The maximum Gasteiger partial charge on any atom is 0.164 e. The molecule has 0 aromatic rings. The molecule has 0 aromatic carbocycles. The van der Waals surface area contributed by atoms with E-state index < -0.39 is 46.3 Å². The summed E-state index contributed by atoms with van der Waals surface area (Å²) in [5.41, 5.74) is -2.79. The smallest absolute Gasteiger partial charge is 0.164 e. The molecule has 0 amide bonds. The van der Waals surface area contributed by atoms with Crippen LogP contribution in [0.5, 0.6) is 0 Å². The van der Waals surface area contributed by atoms with E-state index in [1.54, 1.807) is 20.8 Å². The highest BCUT2D eigenvalue weighted by Crippen LogP contribution is 2.75. The van der Waals surface area contributed by atoms with Crippen LogP contribution in [0.25, 0.3) is 0 Å². The number of Topliss-reactive ketones (excluding diaryl/α,β-unsaturated/α-hetero) is 1. The van der Waals surface area contributed by atoms with Crippen molar-refractivity contribution < 1.29 is 30.3 Å². The second-order valence-corrected chi connectivity index (χ2v) is 14.9. The average molecular weight is 507 g/mol. The largest absolute Gasteiger partial charge is 0.393 e. The quantitative estimate of drug-likeness (QED) is 0.362. The van der Waals surface area contributed by atoms with Gasteiger partial charge < -0.3 is 25.5 Å². The predicted molar refractivity (Wildman–Crippen MR) is 139 cm³/mol. The Morgan fingerprint density at radius 2 is 1.58 bits per heavy atom. The van der Waals surface area contributed by atoms with Crippen molar-refractivity contribution in [2.75, 3.05) is 0 Å². The molecule has 4 aliphatic rings. The lowest BCUT2D eigenvalue weighted by Gasteiger charge is -2.66. The summed E-state index contributed by atoms with van der Waals surface area (Å²) in [7, 11) is 0. The van der Waals surface area contributed by atoms with Gasteiger partial charge >= 0.3 is 0 Å². The van der Waals surface area contributed by atoms with Gasteiger partial charge in [-0.3, -0.25) is 4.79 Å². The third-order valence-electron chi connectivity index (χ3n) is 12.0. The third kappa shape index (κ3) is 3.80. The molecule has 4 rings (SSSR count). The van der Waals surface area contributed by atoms with Gasteiger partial charge in [-0.15, -0.1) is 0 Å². The molecule has 3 fully saturated rings. The predicted octanol–water partition coefficient (Wildman–Crippen LogP) is 3.77. The van der Waals surface area contributed by atoms with E-state index in [2.05, 4.69) is 26.8 Å². The number of ketones is 1. The van der Waals surface area contributed by atoms with Crippen molar-refractivity contribution in [3.8, 4) is 0 Å². The van der Waals surface area contributed by atoms with Crippen LogP contribution < -0.4 is 0 Å². The van der Waals surface area contributed by atoms with E-state index in [1.807, 2.05) is 13.8 Å². The first-order valence-electron chi connectivity index (χ1n) is 14.0. The Labute approximate surface area is 217 Å². The lowest BCUT2D eigenvalue weighted by atomic mass is 9.38. The first kappa shape index (κ1) is 28.2. The Balaban J connectivity index is 1.71. The molecule has 0 heterocycles. The van der Waals surface area contributed by atoms with Crippen molar-refractivity contribution in [3.05, 3.63) is 11.6 Å². The van der Waals surface area contributed by atoms with E-state index in [1.165, 1.54) is 5.57 Å². The van der Waals surface area contributed by atoms with E-state index in [4.69, 9.17) is 0 Å². The molecular formula is C30H50O6. The highest BCUT2D eigenvalue weighted by molar-refractivity contribution is 5.87. The monoisotopic (exact) mass is 506 g/mol. The van der Waals surface area contributed by atoms with Crippen molar-refractivity contribution in [3.63, 3.8) is 0 Å². The normalized spacial score (nSPS) is 47.8. The molecule has 0 aliphatic heterocycles. The van der Waals surface area contributed by atoms with Crippen molar-refractivity contribution in [2.24, 2.45) is 39.4 Å². The van der Waals surface area contributed by atoms with Gasteiger partial charge in [0.25, 0.3) is 0 Å². The van der Waals surface area contributed by atoms with Gasteiger partial charge in [-0.1, -0.05) is 46.3 Å². The van der Waals surface area contributed by atoms with Gasteiger partial charge in [-0.2, -0.15) is 0 Å². The number of aliphatic hydroxyl groups is 5. The van der Waals surface area contributed by atoms with Crippen molar-refractivity contribution in [1.82, 2.24) is 0 Å². The van der Waals surface area contributed by atoms with Gasteiger partial charge in [0, 0.05) is 17.8 Å². The zero-order chi connectivity index (χ0) is 27.3. The molecule has 0 aromatic heterocycles. The minimum absolute atomic E-state index is 0.0666. The summed E-state index contributed by atoms with van der Waals surface area (Å²) in [4.78, 5) is 13.3. The minimum atomic E-state index is -1.69. The molecular weight excluding hydrogens is 456 g/mol. The molecule has 36 heavy (non-hydrogen) atoms. The standard InChI is InChI=1S/C30H50O6/c1-25(2,35)12-11-22(33)30(8,36)23-20(32)16-29(7)21-10-9-17-18(15-19(31)24(34)26(17,3)4)27(21,5)13-14-28(23,29)6/h9,18-21,23-24,31-32,34-36H,10-16H2,1-8H3. The highest BCUT2D eigenvalue weighted by Gasteiger charge is 2.72. The van der Waals surface area contributed by atoms with Crippen molar-refractivity contribution >= 4 is 5.78 Å². The van der Waals surface area contributed by atoms with Crippen molar-refractivity contribution in [1.29, 1.82) is 0 Å². The van der Waals surface area contributed by atoms with Crippen LogP contribution in [0.4, 0.5) is 0 Å². The zero-order valence-corrected chi connectivity index (χ0v) is 23.6. The van der Waals surface area contributed by atoms with Crippen LogP contribution in [0.2, 0.25) is 0 Å². The topological polar surface area (TPSA) is 118 Å². The second kappa shape index (κ2) is 8.35. The van der Waals surface area contributed by atoms with Crippen LogP contribution in [-0.4, -0.2) is 60.8 Å². The first-order chi connectivity index (χ1) is 16.2. The Bertz CT molecular complexity index is 930. The molecule has 6 heteroatoms. The Morgan fingerprint density at radius 1 is 0.972 bits per heavy atom. The number of hydrogen-bond donors (Lipinski definition) is 5. The minimum Gasteiger partial charge on any atom is -0.393 e. The molecule has 6 nitrogen and oxygen atoms in total. The summed E-state index contributed by atoms with van der Waals surface area (Å²) in [6, 6.07) is 0. The van der Waals surface area contributed by atoms with Crippen LogP contribution in [0, 0.1) is 39.4 Å². The molecule has 0 saturated heterocycles. The summed E-state index contributed by atoms with van der Waals surface area (Å²) >= 11 is 0. The van der Waals surface area contributed by atoms with E-state index in [0.29, 0.717) is 12.8 Å². The van der Waals surface area contributed by atoms with Crippen LogP contribution in [-0.2, 0) is 4.79 Å². The fourth-order valence-corrected chi connectivity index (χ4v) is 9.64. The maximum atomic E-state index is 13.3. The highest BCUT2D eigenvalue weighted by atomic mass is 16.3. The maximum absolute atomic E-state index is 13.3. The number of carbonyl (C=O) groups excluding carboxylic acids is 1. The summed E-state index contributed by atoms with van der Waals surface area (Å²) in [5.74, 6) is -0.535. The second-order valence-electron chi connectivity index (χ2n) is 14.9. The van der Waals surface area contributed by atoms with E-state index in [9.17, 15) is 30.3 Å². The molecule has 0 spiro atoms. The number of fused-ring (bicyclic) bond motifs is 5. The van der Waals surface area contributed by atoms with Crippen LogP contribution in [0.15, 0.2) is 11.6 Å². The van der Waals surface area contributed by atoms with E-state index in [-0.39, 0.29) is 41.3 Å². The van der Waals surface area contributed by atoms with Gasteiger partial charge in [-0.25, -0.2) is 0 Å². The van der Waals surface area contributed by atoms with Gasteiger partial charge in [0.1, 0.15) is 5.60 Å². The van der Waals surface area contributed by atoms with E-state index >= 15 is 0 Å². The average Bonchev–Trinajstić information content (AvgIpc) is 2.96. The summed E-state index contributed by atoms with van der Waals surface area (Å²) in [6.07, 6.45) is 3.80. The molecule has 0 radical (unpaired) electrons. The van der Waals surface area contributed by atoms with Gasteiger partial charge in [-0.05, 0) is 87.4 Å². The molecule has 0 bridgehead atoms. The van der Waals surface area contributed by atoms with Gasteiger partial charge in [0.05, 0.1) is 23.9 Å². The fraction of sp³-hybridized carbons (Fsp3) is 0.900. The number of allylic oxidation sites excluding steroid dienone is 1.